The van der Waals surface area contributed by atoms with E-state index in [0.29, 0.717) is 0 Å². The van der Waals surface area contributed by atoms with Gasteiger partial charge in [-0.1, -0.05) is 0 Å². The molecule has 0 aliphatic rings. The molecule has 3 heterocycles. The van der Waals surface area contributed by atoms with Crippen LogP contribution in [0.1, 0.15) is 10.7 Å². The molecule has 0 fully saturated rings. The first-order valence-corrected chi connectivity index (χ1v) is 6.68. The molecular weight excluding hydrogens is 246 g/mol. The Labute approximate surface area is 109 Å². The third-order valence-electron chi connectivity index (χ3n) is 2.68. The van der Waals surface area contributed by atoms with Gasteiger partial charge in [0.05, 0.1) is 16.7 Å². The maximum Gasteiger partial charge on any atom is 0.139 e. The summed E-state index contributed by atoms with van der Waals surface area (Å²) >= 11 is 1.70. The molecule has 0 spiro atoms. The van der Waals surface area contributed by atoms with E-state index in [1.807, 2.05) is 19.1 Å². The van der Waals surface area contributed by atoms with E-state index >= 15 is 0 Å². The van der Waals surface area contributed by atoms with Crippen molar-refractivity contribution in [2.45, 2.75) is 13.3 Å². The molecule has 3 aromatic heterocycles. The molecule has 3 aromatic rings. The van der Waals surface area contributed by atoms with Crippen molar-refractivity contribution in [1.82, 2.24) is 9.97 Å². The summed E-state index contributed by atoms with van der Waals surface area (Å²) in [7, 11) is 0. The zero-order valence-corrected chi connectivity index (χ0v) is 10.8. The monoisotopic (exact) mass is 259 g/mol. The van der Waals surface area contributed by atoms with Crippen molar-refractivity contribution >= 4 is 28.1 Å². The number of fused-ring (bicyclic) bond motifs is 1. The van der Waals surface area contributed by atoms with Crippen molar-refractivity contribution in [3.05, 3.63) is 40.7 Å². The Morgan fingerprint density at radius 1 is 1.39 bits per heavy atom. The number of hydrogen-bond acceptors (Lipinski definition) is 5. The first-order chi connectivity index (χ1) is 8.83. The Hall–Kier alpha value is -1.88. The number of aromatic nitrogens is 2. The normalized spacial score (nSPS) is 10.9. The van der Waals surface area contributed by atoms with Gasteiger partial charge < -0.3 is 9.73 Å². The van der Waals surface area contributed by atoms with Crippen LogP contribution in [0.5, 0.6) is 0 Å². The molecule has 5 heteroatoms. The lowest BCUT2D eigenvalue weighted by atomic mass is 10.3. The molecule has 0 atom stereocenters. The molecule has 0 aromatic carbocycles. The van der Waals surface area contributed by atoms with Crippen LogP contribution in [0.15, 0.2) is 34.4 Å². The van der Waals surface area contributed by atoms with E-state index in [1.165, 1.54) is 0 Å². The number of hydrogen-bond donors (Lipinski definition) is 1. The highest BCUT2D eigenvalue weighted by atomic mass is 32.1. The molecule has 0 radical (unpaired) electrons. The topological polar surface area (TPSA) is 51.0 Å². The number of pyridine rings is 1. The summed E-state index contributed by atoms with van der Waals surface area (Å²) < 4.78 is 5.34. The third-order valence-corrected chi connectivity index (χ3v) is 3.70. The largest absolute Gasteiger partial charge is 0.464 e. The first-order valence-electron chi connectivity index (χ1n) is 5.80. The van der Waals surface area contributed by atoms with E-state index in [1.54, 1.807) is 23.8 Å². The molecule has 0 bridgehead atoms. The maximum absolute atomic E-state index is 5.34. The highest BCUT2D eigenvalue weighted by molar-refractivity contribution is 7.09. The number of nitrogens with one attached hydrogen (secondary N) is 1. The fourth-order valence-electron chi connectivity index (χ4n) is 1.84. The highest BCUT2D eigenvalue weighted by Gasteiger charge is 2.04. The van der Waals surface area contributed by atoms with E-state index in [9.17, 15) is 0 Å². The summed E-state index contributed by atoms with van der Waals surface area (Å²) in [5.74, 6) is 0.870. The minimum atomic E-state index is 0.824. The van der Waals surface area contributed by atoms with Gasteiger partial charge in [0.2, 0.25) is 0 Å². The van der Waals surface area contributed by atoms with Gasteiger partial charge >= 0.3 is 0 Å². The summed E-state index contributed by atoms with van der Waals surface area (Å²) in [6.07, 6.45) is 4.35. The minimum absolute atomic E-state index is 0.824. The molecule has 3 rings (SSSR count). The summed E-state index contributed by atoms with van der Waals surface area (Å²) in [5, 5.41) is 7.57. The molecule has 92 valence electrons. The van der Waals surface area contributed by atoms with Gasteiger partial charge in [-0.15, -0.1) is 11.3 Å². The van der Waals surface area contributed by atoms with Gasteiger partial charge in [-0.25, -0.2) is 9.97 Å². The molecule has 18 heavy (non-hydrogen) atoms. The molecule has 0 saturated heterocycles. The van der Waals surface area contributed by atoms with E-state index in [4.69, 9.17) is 4.42 Å². The highest BCUT2D eigenvalue weighted by Crippen LogP contribution is 2.21. The third kappa shape index (κ3) is 2.22. The van der Waals surface area contributed by atoms with Crippen molar-refractivity contribution in [1.29, 1.82) is 0 Å². The molecular formula is C13H13N3OS. The van der Waals surface area contributed by atoms with E-state index in [2.05, 4.69) is 20.7 Å². The number of rotatable bonds is 4. The smallest absolute Gasteiger partial charge is 0.139 e. The van der Waals surface area contributed by atoms with E-state index < -0.39 is 0 Å². The zero-order valence-electron chi connectivity index (χ0n) is 10.0. The Kier molecular flexibility index (Phi) is 2.98. The number of furan rings is 1. The van der Waals surface area contributed by atoms with Crippen LogP contribution in [0.2, 0.25) is 0 Å². The quantitative estimate of drug-likeness (QED) is 0.781. The fraction of sp³-hybridized carbons (Fsp3) is 0.231. The van der Waals surface area contributed by atoms with Crippen molar-refractivity contribution in [3.63, 3.8) is 0 Å². The van der Waals surface area contributed by atoms with Gasteiger partial charge in [-0.2, -0.15) is 0 Å². The predicted molar refractivity (Wildman–Crippen MR) is 73.1 cm³/mol. The van der Waals surface area contributed by atoms with E-state index in [0.717, 1.165) is 40.5 Å². The molecule has 1 N–H and O–H groups in total. The molecule has 0 aliphatic carbocycles. The van der Waals surface area contributed by atoms with Crippen LogP contribution >= 0.6 is 11.3 Å². The SMILES string of the molecule is Cc1csc(CCNc2nccc3occc23)n1. The van der Waals surface area contributed by atoms with Crippen LogP contribution in [-0.4, -0.2) is 16.5 Å². The average Bonchev–Trinajstić information content (AvgIpc) is 2.98. The summed E-state index contributed by atoms with van der Waals surface area (Å²) in [5.41, 5.74) is 1.95. The summed E-state index contributed by atoms with van der Waals surface area (Å²) in [6.45, 7) is 2.84. The second-order valence-electron chi connectivity index (χ2n) is 4.05. The number of nitrogens with zero attached hydrogens (tertiary/aromatic N) is 2. The molecule has 4 nitrogen and oxygen atoms in total. The lowest BCUT2D eigenvalue weighted by Crippen LogP contribution is -2.06. The maximum atomic E-state index is 5.34. The van der Waals surface area contributed by atoms with Gasteiger partial charge in [-0.3, -0.25) is 0 Å². The van der Waals surface area contributed by atoms with Gasteiger partial charge in [0.1, 0.15) is 11.4 Å². The Balaban J connectivity index is 1.68. The first kappa shape index (κ1) is 11.2. The second-order valence-corrected chi connectivity index (χ2v) is 4.99. The molecule has 0 amide bonds. The van der Waals surface area contributed by atoms with Crippen LogP contribution < -0.4 is 5.32 Å². The zero-order chi connectivity index (χ0) is 12.4. The standard InChI is InChI=1S/C13H13N3OS/c1-9-8-18-12(16-9)3-6-15-13-10-4-7-17-11(10)2-5-14-13/h2,4-5,7-8H,3,6H2,1H3,(H,14,15). The molecule has 0 aliphatic heterocycles. The van der Waals surface area contributed by atoms with Gasteiger partial charge in [0, 0.05) is 30.2 Å². The van der Waals surface area contributed by atoms with Crippen molar-refractivity contribution in [2.75, 3.05) is 11.9 Å². The lowest BCUT2D eigenvalue weighted by Gasteiger charge is -2.04. The number of thiazole rings is 1. The Bertz CT molecular complexity index is 659. The van der Waals surface area contributed by atoms with Crippen molar-refractivity contribution < 1.29 is 4.42 Å². The fourth-order valence-corrected chi connectivity index (χ4v) is 2.62. The second kappa shape index (κ2) is 4.78. The Morgan fingerprint density at radius 2 is 2.33 bits per heavy atom. The summed E-state index contributed by atoms with van der Waals surface area (Å²) in [6, 6.07) is 3.79. The van der Waals surface area contributed by atoms with Crippen LogP contribution in [-0.2, 0) is 6.42 Å². The molecule has 0 unspecified atom stereocenters. The summed E-state index contributed by atoms with van der Waals surface area (Å²) in [4.78, 5) is 8.76. The number of anilines is 1. The van der Waals surface area contributed by atoms with Crippen LogP contribution in [0.4, 0.5) is 5.82 Å². The number of aryl methyl sites for hydroxylation is 1. The lowest BCUT2D eigenvalue weighted by molar-refractivity contribution is 0.615. The Morgan fingerprint density at radius 3 is 3.17 bits per heavy atom. The van der Waals surface area contributed by atoms with E-state index in [-0.39, 0.29) is 0 Å². The van der Waals surface area contributed by atoms with Gasteiger partial charge in [-0.05, 0) is 19.1 Å². The van der Waals surface area contributed by atoms with Crippen molar-refractivity contribution in [3.8, 4) is 0 Å². The van der Waals surface area contributed by atoms with Gasteiger partial charge in [0.25, 0.3) is 0 Å². The van der Waals surface area contributed by atoms with Crippen molar-refractivity contribution in [2.24, 2.45) is 0 Å². The van der Waals surface area contributed by atoms with Crippen LogP contribution in [0.25, 0.3) is 11.0 Å². The van der Waals surface area contributed by atoms with Crippen LogP contribution in [0, 0.1) is 6.92 Å². The molecule has 0 saturated carbocycles. The average molecular weight is 259 g/mol. The minimum Gasteiger partial charge on any atom is -0.464 e. The van der Waals surface area contributed by atoms with Crippen LogP contribution in [0.3, 0.4) is 0 Å². The van der Waals surface area contributed by atoms with Gasteiger partial charge in [0.15, 0.2) is 0 Å². The predicted octanol–water partition coefficient (Wildman–Crippen LogP) is 3.25.